The van der Waals surface area contributed by atoms with Gasteiger partial charge in [-0.2, -0.15) is 0 Å². The maximum absolute atomic E-state index is 13.3. The van der Waals surface area contributed by atoms with E-state index in [1.165, 1.54) is 12.1 Å². The molecule has 0 aliphatic carbocycles. The monoisotopic (exact) mass is 260 g/mol. The van der Waals surface area contributed by atoms with Crippen molar-refractivity contribution in [3.8, 4) is 5.75 Å². The number of ether oxygens (including phenoxy) is 1. The molecule has 0 saturated heterocycles. The van der Waals surface area contributed by atoms with E-state index in [9.17, 15) is 14.3 Å². The van der Waals surface area contributed by atoms with Gasteiger partial charge in [-0.3, -0.25) is 4.79 Å². The van der Waals surface area contributed by atoms with Crippen molar-refractivity contribution >= 4 is 21.9 Å². The molecule has 1 unspecified atom stereocenters. The predicted molar refractivity (Wildman–Crippen MR) is 49.3 cm³/mol. The average Bonchev–Trinajstić information content (AvgIpc) is 1.99. The zero-order chi connectivity index (χ0) is 10.3. The maximum atomic E-state index is 13.3. The summed E-state index contributed by atoms with van der Waals surface area (Å²) in [6, 6.07) is 2.68. The lowest BCUT2D eigenvalue weighted by Gasteiger charge is -2.20. The second-order valence-corrected chi connectivity index (χ2v) is 3.91. The Kier molecular flexibility index (Phi) is 2.28. The van der Waals surface area contributed by atoms with Gasteiger partial charge in [-0.15, -0.1) is 0 Å². The molecular formula is C9H6BrFO3. The molecule has 0 amide bonds. The topological polar surface area (TPSA) is 46.5 Å². The first kappa shape index (κ1) is 9.61. The van der Waals surface area contributed by atoms with Crippen LogP contribution in [0.5, 0.6) is 5.75 Å². The Morgan fingerprint density at radius 1 is 1.57 bits per heavy atom. The van der Waals surface area contributed by atoms with Crippen molar-refractivity contribution in [2.45, 2.75) is 12.5 Å². The van der Waals surface area contributed by atoms with Crippen molar-refractivity contribution in [2.24, 2.45) is 0 Å². The van der Waals surface area contributed by atoms with Crippen LogP contribution >= 0.6 is 15.9 Å². The smallest absolute Gasteiger partial charge is 0.314 e. The van der Waals surface area contributed by atoms with Crippen molar-refractivity contribution in [2.75, 3.05) is 0 Å². The number of fused-ring (bicyclic) bond motifs is 1. The number of aliphatic hydroxyl groups excluding tert-OH is 1. The molecule has 5 heteroatoms. The van der Waals surface area contributed by atoms with E-state index in [2.05, 4.69) is 15.9 Å². The van der Waals surface area contributed by atoms with Crippen LogP contribution in [0.4, 0.5) is 4.39 Å². The number of benzene rings is 1. The number of esters is 1. The van der Waals surface area contributed by atoms with Crippen molar-refractivity contribution < 1.29 is 19.0 Å². The molecule has 0 saturated carbocycles. The number of aliphatic hydroxyl groups is 1. The molecule has 0 bridgehead atoms. The Hall–Kier alpha value is -0.940. The van der Waals surface area contributed by atoms with Gasteiger partial charge in [-0.1, -0.05) is 15.9 Å². The van der Waals surface area contributed by atoms with Crippen LogP contribution in [0.15, 0.2) is 16.6 Å². The summed E-state index contributed by atoms with van der Waals surface area (Å²) in [5.41, 5.74) is 0.0489. The molecule has 0 fully saturated rings. The van der Waals surface area contributed by atoms with E-state index in [4.69, 9.17) is 4.74 Å². The molecular weight excluding hydrogens is 255 g/mol. The lowest BCUT2D eigenvalue weighted by molar-refractivity contribution is -0.138. The van der Waals surface area contributed by atoms with E-state index < -0.39 is 17.9 Å². The van der Waals surface area contributed by atoms with Crippen LogP contribution < -0.4 is 4.74 Å². The van der Waals surface area contributed by atoms with Crippen LogP contribution in [0.2, 0.25) is 0 Å². The summed E-state index contributed by atoms with van der Waals surface area (Å²) >= 11 is 3.07. The van der Waals surface area contributed by atoms with Gasteiger partial charge < -0.3 is 9.84 Å². The second kappa shape index (κ2) is 3.33. The first-order chi connectivity index (χ1) is 6.58. The molecule has 1 aromatic carbocycles. The lowest BCUT2D eigenvalue weighted by atomic mass is 10.0. The van der Waals surface area contributed by atoms with E-state index in [0.717, 1.165) is 0 Å². The minimum absolute atomic E-state index is 0.0489. The molecule has 1 aromatic rings. The Morgan fingerprint density at radius 3 is 3.00 bits per heavy atom. The minimum atomic E-state index is -1.11. The highest BCUT2D eigenvalue weighted by molar-refractivity contribution is 9.10. The van der Waals surface area contributed by atoms with E-state index in [1.54, 1.807) is 0 Å². The third-order valence-corrected chi connectivity index (χ3v) is 2.43. The van der Waals surface area contributed by atoms with E-state index in [-0.39, 0.29) is 17.7 Å². The Labute approximate surface area is 87.6 Å². The van der Waals surface area contributed by atoms with Crippen LogP contribution in [0, 0.1) is 5.82 Å². The normalized spacial score (nSPS) is 20.2. The average molecular weight is 261 g/mol. The highest BCUT2D eigenvalue weighted by Crippen LogP contribution is 2.36. The predicted octanol–water partition coefficient (Wildman–Crippen LogP) is 1.93. The van der Waals surface area contributed by atoms with Crippen molar-refractivity contribution in [1.82, 2.24) is 0 Å². The van der Waals surface area contributed by atoms with Crippen molar-refractivity contribution in [3.05, 3.63) is 28.0 Å². The molecule has 2 rings (SSSR count). The molecule has 1 atom stereocenters. The number of rotatable bonds is 0. The first-order valence-corrected chi connectivity index (χ1v) is 4.75. The number of carbonyl (C=O) groups excluding carboxylic acids is 1. The number of hydrogen-bond acceptors (Lipinski definition) is 3. The molecule has 1 aliphatic heterocycles. The second-order valence-electron chi connectivity index (χ2n) is 2.99. The Balaban J connectivity index is 2.58. The zero-order valence-corrected chi connectivity index (χ0v) is 8.54. The summed E-state index contributed by atoms with van der Waals surface area (Å²) in [6.45, 7) is 0. The Morgan fingerprint density at radius 2 is 2.29 bits per heavy atom. The van der Waals surface area contributed by atoms with Gasteiger partial charge >= 0.3 is 5.97 Å². The van der Waals surface area contributed by atoms with Gasteiger partial charge in [-0.05, 0) is 12.1 Å². The number of hydrogen-bond donors (Lipinski definition) is 1. The molecule has 3 nitrogen and oxygen atoms in total. The zero-order valence-electron chi connectivity index (χ0n) is 6.96. The van der Waals surface area contributed by atoms with E-state index in [1.807, 2.05) is 0 Å². The molecule has 1 N–H and O–H groups in total. The van der Waals surface area contributed by atoms with Crippen LogP contribution in [0.25, 0.3) is 0 Å². The van der Waals surface area contributed by atoms with Gasteiger partial charge in [0, 0.05) is 4.47 Å². The van der Waals surface area contributed by atoms with Gasteiger partial charge in [0.2, 0.25) is 0 Å². The largest absolute Gasteiger partial charge is 0.426 e. The molecule has 74 valence electrons. The van der Waals surface area contributed by atoms with Gasteiger partial charge in [0.1, 0.15) is 11.6 Å². The summed E-state index contributed by atoms with van der Waals surface area (Å²) in [7, 11) is 0. The van der Waals surface area contributed by atoms with E-state index in [0.29, 0.717) is 4.47 Å². The summed E-state index contributed by atoms with van der Waals surface area (Å²) in [5, 5.41) is 9.45. The standard InChI is InChI=1S/C9H6BrFO3/c10-4-1-5(11)9-6(12)3-8(13)14-7(9)2-4/h1-2,6,12H,3H2. The van der Waals surface area contributed by atoms with Crippen molar-refractivity contribution in [1.29, 1.82) is 0 Å². The fourth-order valence-corrected chi connectivity index (χ4v) is 1.80. The summed E-state index contributed by atoms with van der Waals surface area (Å²) in [4.78, 5) is 10.9. The molecule has 14 heavy (non-hydrogen) atoms. The van der Waals surface area contributed by atoms with Gasteiger partial charge in [-0.25, -0.2) is 4.39 Å². The molecule has 0 radical (unpaired) electrons. The van der Waals surface area contributed by atoms with E-state index >= 15 is 0 Å². The quantitative estimate of drug-likeness (QED) is 0.573. The number of carbonyl (C=O) groups is 1. The Bertz CT molecular complexity index is 405. The van der Waals surface area contributed by atoms with Crippen LogP contribution in [0.3, 0.4) is 0 Å². The summed E-state index contributed by atoms with van der Waals surface area (Å²) in [6.07, 6.45) is -1.31. The SMILES string of the molecule is O=C1CC(O)c2c(F)cc(Br)cc2O1. The first-order valence-electron chi connectivity index (χ1n) is 3.95. The summed E-state index contributed by atoms with van der Waals surface area (Å²) < 4.78 is 18.6. The molecule has 1 aliphatic rings. The third kappa shape index (κ3) is 1.53. The maximum Gasteiger partial charge on any atom is 0.314 e. The molecule has 0 aromatic heterocycles. The van der Waals surface area contributed by atoms with Crippen LogP contribution in [0.1, 0.15) is 18.1 Å². The van der Waals surface area contributed by atoms with Gasteiger partial charge in [0.05, 0.1) is 18.1 Å². The van der Waals surface area contributed by atoms with Crippen LogP contribution in [-0.2, 0) is 4.79 Å². The highest BCUT2D eigenvalue weighted by Gasteiger charge is 2.28. The van der Waals surface area contributed by atoms with Crippen LogP contribution in [-0.4, -0.2) is 11.1 Å². The van der Waals surface area contributed by atoms with Gasteiger partial charge in [0.15, 0.2) is 0 Å². The third-order valence-electron chi connectivity index (χ3n) is 1.97. The summed E-state index contributed by atoms with van der Waals surface area (Å²) in [5.74, 6) is -1.04. The number of halogens is 2. The fourth-order valence-electron chi connectivity index (χ4n) is 1.39. The fraction of sp³-hybridized carbons (Fsp3) is 0.222. The van der Waals surface area contributed by atoms with Crippen molar-refractivity contribution in [3.63, 3.8) is 0 Å². The molecule has 0 spiro atoms. The molecule has 1 heterocycles. The highest BCUT2D eigenvalue weighted by atomic mass is 79.9. The minimum Gasteiger partial charge on any atom is -0.426 e. The lowest BCUT2D eigenvalue weighted by Crippen LogP contribution is -2.21. The van der Waals surface area contributed by atoms with Gasteiger partial charge in [0.25, 0.3) is 0 Å².